The Balaban J connectivity index is 2.36. The van der Waals surface area contributed by atoms with Crippen LogP contribution in [-0.2, 0) is 19.7 Å². The molecule has 0 bridgehead atoms. The third-order valence-corrected chi connectivity index (χ3v) is 6.64. The second kappa shape index (κ2) is 8.18. The van der Waals surface area contributed by atoms with E-state index in [2.05, 4.69) is 5.32 Å². The summed E-state index contributed by atoms with van der Waals surface area (Å²) >= 11 is 5.95. The molecule has 0 aliphatic carbocycles. The average Bonchev–Trinajstić information content (AvgIpc) is 2.54. The molecule has 1 N–H and O–H groups in total. The van der Waals surface area contributed by atoms with Crippen molar-refractivity contribution < 1.29 is 16.8 Å². The molecule has 6 nitrogen and oxygen atoms in total. The molecule has 0 amide bonds. The van der Waals surface area contributed by atoms with Crippen molar-refractivity contribution in [2.75, 3.05) is 38.5 Å². The van der Waals surface area contributed by atoms with Gasteiger partial charge in [-0.2, -0.15) is 0 Å². The number of hydrogen-bond acceptors (Lipinski definition) is 6. The molecular weight excluding hydrogens is 408 g/mol. The Morgan fingerprint density at radius 3 is 2.04 bits per heavy atom. The van der Waals surface area contributed by atoms with Crippen LogP contribution in [0.4, 0.5) is 5.69 Å². The SMILES string of the molecule is CN(C)C(CNc1ccc(S(C)(=O)=O)cc1S(C)(=O)=O)c1ccc(Cl)cc1. The van der Waals surface area contributed by atoms with Gasteiger partial charge in [0.25, 0.3) is 0 Å². The van der Waals surface area contributed by atoms with Gasteiger partial charge in [-0.25, -0.2) is 16.8 Å². The van der Waals surface area contributed by atoms with E-state index in [-0.39, 0.29) is 15.8 Å². The molecule has 0 saturated heterocycles. The van der Waals surface area contributed by atoms with Gasteiger partial charge in [0.1, 0.15) is 0 Å². The monoisotopic (exact) mass is 430 g/mol. The van der Waals surface area contributed by atoms with Crippen molar-refractivity contribution in [1.29, 1.82) is 0 Å². The van der Waals surface area contributed by atoms with Crippen LogP contribution in [-0.4, -0.2) is 54.9 Å². The summed E-state index contributed by atoms with van der Waals surface area (Å²) in [5, 5.41) is 3.78. The summed E-state index contributed by atoms with van der Waals surface area (Å²) in [6.07, 6.45) is 2.10. The Morgan fingerprint density at radius 2 is 1.56 bits per heavy atom. The first-order valence-electron chi connectivity index (χ1n) is 8.09. The van der Waals surface area contributed by atoms with Crippen molar-refractivity contribution in [2.24, 2.45) is 0 Å². The van der Waals surface area contributed by atoms with E-state index in [1.165, 1.54) is 18.2 Å². The van der Waals surface area contributed by atoms with Crippen molar-refractivity contribution in [2.45, 2.75) is 15.8 Å². The van der Waals surface area contributed by atoms with Crippen LogP contribution >= 0.6 is 11.6 Å². The predicted octanol–water partition coefficient (Wildman–Crippen LogP) is 2.86. The summed E-state index contributed by atoms with van der Waals surface area (Å²) in [5.74, 6) is 0. The molecule has 0 spiro atoms. The zero-order chi connectivity index (χ0) is 20.4. The minimum Gasteiger partial charge on any atom is -0.382 e. The molecule has 27 heavy (non-hydrogen) atoms. The molecule has 0 heterocycles. The fraction of sp³-hybridized carbons (Fsp3) is 0.333. The van der Waals surface area contributed by atoms with E-state index in [0.29, 0.717) is 17.3 Å². The summed E-state index contributed by atoms with van der Waals surface area (Å²) < 4.78 is 47.8. The van der Waals surface area contributed by atoms with Crippen LogP contribution in [0.15, 0.2) is 52.3 Å². The molecule has 2 rings (SSSR count). The zero-order valence-corrected chi connectivity index (χ0v) is 18.0. The third kappa shape index (κ3) is 5.68. The summed E-state index contributed by atoms with van der Waals surface area (Å²) in [6.45, 7) is 0.426. The van der Waals surface area contributed by atoms with Crippen molar-refractivity contribution in [3.05, 3.63) is 53.1 Å². The van der Waals surface area contributed by atoms with Gasteiger partial charge in [0.15, 0.2) is 19.7 Å². The Morgan fingerprint density at radius 1 is 0.963 bits per heavy atom. The van der Waals surface area contributed by atoms with Gasteiger partial charge in [-0.1, -0.05) is 23.7 Å². The lowest BCUT2D eigenvalue weighted by Crippen LogP contribution is -2.27. The molecule has 2 aromatic rings. The van der Waals surface area contributed by atoms with Crippen molar-refractivity contribution in [1.82, 2.24) is 4.90 Å². The third-order valence-electron chi connectivity index (χ3n) is 4.14. The normalized spacial score (nSPS) is 13.6. The smallest absolute Gasteiger partial charge is 0.177 e. The van der Waals surface area contributed by atoms with Gasteiger partial charge in [-0.05, 0) is 50.0 Å². The number of rotatable bonds is 7. The van der Waals surface area contributed by atoms with E-state index in [1.807, 2.05) is 31.1 Å². The number of halogens is 1. The van der Waals surface area contributed by atoms with Crippen molar-refractivity contribution in [3.63, 3.8) is 0 Å². The number of benzene rings is 2. The first-order chi connectivity index (χ1) is 12.4. The van der Waals surface area contributed by atoms with E-state index in [0.717, 1.165) is 18.1 Å². The molecule has 0 aromatic heterocycles. The van der Waals surface area contributed by atoms with Gasteiger partial charge in [-0.15, -0.1) is 0 Å². The van der Waals surface area contributed by atoms with E-state index >= 15 is 0 Å². The van der Waals surface area contributed by atoms with Crippen LogP contribution in [0.2, 0.25) is 5.02 Å². The first-order valence-corrected chi connectivity index (χ1v) is 12.3. The molecule has 0 aliphatic heterocycles. The van der Waals surface area contributed by atoms with Gasteiger partial charge in [0, 0.05) is 24.1 Å². The quantitative estimate of drug-likeness (QED) is 0.727. The summed E-state index contributed by atoms with van der Waals surface area (Å²) in [4.78, 5) is 1.93. The molecule has 0 radical (unpaired) electrons. The van der Waals surface area contributed by atoms with Crippen molar-refractivity contribution >= 4 is 37.0 Å². The van der Waals surface area contributed by atoms with E-state index in [9.17, 15) is 16.8 Å². The van der Waals surface area contributed by atoms with E-state index in [1.54, 1.807) is 12.1 Å². The molecular formula is C18H23ClN2O4S2. The first kappa shape index (κ1) is 21.7. The molecule has 0 fully saturated rings. The van der Waals surface area contributed by atoms with Crippen LogP contribution in [0.1, 0.15) is 11.6 Å². The number of nitrogens with one attached hydrogen (secondary N) is 1. The summed E-state index contributed by atoms with van der Waals surface area (Å²) in [5.41, 5.74) is 1.39. The standard InChI is InChI=1S/C18H23ClN2O4S2/c1-21(2)17(13-5-7-14(19)8-6-13)12-20-16-10-9-15(26(3,22)23)11-18(16)27(4,24)25/h5-11,17,20H,12H2,1-4H3. The van der Waals surface area contributed by atoms with E-state index in [4.69, 9.17) is 11.6 Å². The molecule has 1 atom stereocenters. The lowest BCUT2D eigenvalue weighted by atomic mass is 10.1. The minimum atomic E-state index is -3.61. The second-order valence-electron chi connectivity index (χ2n) is 6.61. The van der Waals surface area contributed by atoms with Crippen LogP contribution in [0.5, 0.6) is 0 Å². The van der Waals surface area contributed by atoms with Crippen LogP contribution in [0.3, 0.4) is 0 Å². The Bertz CT molecular complexity index is 1020. The average molecular weight is 431 g/mol. The number of sulfone groups is 2. The number of nitrogens with zero attached hydrogens (tertiary/aromatic N) is 1. The van der Waals surface area contributed by atoms with E-state index < -0.39 is 19.7 Å². The van der Waals surface area contributed by atoms with Gasteiger partial charge >= 0.3 is 0 Å². The highest BCUT2D eigenvalue weighted by Gasteiger charge is 2.20. The second-order valence-corrected chi connectivity index (χ2v) is 11.1. The van der Waals surface area contributed by atoms with Gasteiger partial charge in [-0.3, -0.25) is 0 Å². The molecule has 0 aliphatic rings. The predicted molar refractivity (Wildman–Crippen MR) is 109 cm³/mol. The number of anilines is 1. The Hall–Kier alpha value is -1.61. The maximum Gasteiger partial charge on any atom is 0.177 e. The summed E-state index contributed by atoms with van der Waals surface area (Å²) in [7, 11) is -3.28. The minimum absolute atomic E-state index is 0.0321. The molecule has 0 saturated carbocycles. The van der Waals surface area contributed by atoms with Gasteiger partial charge in [0.2, 0.25) is 0 Å². The van der Waals surface area contributed by atoms with Gasteiger partial charge < -0.3 is 10.2 Å². The summed E-state index contributed by atoms with van der Waals surface area (Å²) in [6, 6.07) is 11.5. The highest BCUT2D eigenvalue weighted by atomic mass is 35.5. The molecule has 2 aromatic carbocycles. The Labute approximate surface area is 166 Å². The lowest BCUT2D eigenvalue weighted by Gasteiger charge is -2.26. The number of hydrogen-bond donors (Lipinski definition) is 1. The number of likely N-dealkylation sites (N-methyl/N-ethyl adjacent to an activating group) is 1. The maximum absolute atomic E-state index is 12.2. The lowest BCUT2D eigenvalue weighted by molar-refractivity contribution is 0.311. The fourth-order valence-electron chi connectivity index (χ4n) is 2.68. The molecule has 148 valence electrons. The largest absolute Gasteiger partial charge is 0.382 e. The fourth-order valence-corrected chi connectivity index (χ4v) is 4.40. The highest BCUT2D eigenvalue weighted by Crippen LogP contribution is 2.27. The zero-order valence-electron chi connectivity index (χ0n) is 15.6. The maximum atomic E-state index is 12.2. The highest BCUT2D eigenvalue weighted by molar-refractivity contribution is 7.91. The van der Waals surface area contributed by atoms with Crippen molar-refractivity contribution in [3.8, 4) is 0 Å². The molecule has 1 unspecified atom stereocenters. The van der Waals surface area contributed by atoms with Gasteiger partial charge in [0.05, 0.1) is 21.5 Å². The van der Waals surface area contributed by atoms with Crippen LogP contribution < -0.4 is 5.32 Å². The van der Waals surface area contributed by atoms with Crippen LogP contribution in [0.25, 0.3) is 0 Å². The molecule has 9 heteroatoms. The Kier molecular flexibility index (Phi) is 6.57. The van der Waals surface area contributed by atoms with Crippen LogP contribution in [0, 0.1) is 0 Å². The topological polar surface area (TPSA) is 83.6 Å².